The van der Waals surface area contributed by atoms with Gasteiger partial charge in [-0.05, 0) is 18.6 Å². The van der Waals surface area contributed by atoms with E-state index >= 15 is 0 Å². The summed E-state index contributed by atoms with van der Waals surface area (Å²) in [4.78, 5) is 11.9. The van der Waals surface area contributed by atoms with Gasteiger partial charge in [-0.15, -0.1) is 5.10 Å². The molecule has 1 heterocycles. The molecule has 0 aliphatic heterocycles. The molecule has 0 spiro atoms. The molecule has 0 aliphatic carbocycles. The Labute approximate surface area is 115 Å². The average molecular weight is 280 g/mol. The minimum absolute atomic E-state index is 0.224. The van der Waals surface area contributed by atoms with Crippen LogP contribution >= 0.6 is 11.6 Å². The molecular weight excluding hydrogens is 266 g/mol. The van der Waals surface area contributed by atoms with Crippen LogP contribution < -0.4 is 11.1 Å². The summed E-state index contributed by atoms with van der Waals surface area (Å²) in [6.07, 6.45) is 4.15. The molecule has 6 nitrogen and oxygen atoms in total. The number of para-hydroxylation sites is 1. The van der Waals surface area contributed by atoms with Gasteiger partial charge in [0.25, 0.3) is 5.91 Å². The summed E-state index contributed by atoms with van der Waals surface area (Å²) in [5, 5.41) is 10.7. The van der Waals surface area contributed by atoms with Gasteiger partial charge in [-0.1, -0.05) is 22.9 Å². The summed E-state index contributed by atoms with van der Waals surface area (Å²) in [6.45, 7) is 1.23. The highest BCUT2D eigenvalue weighted by atomic mass is 35.5. The number of anilines is 1. The number of amides is 1. The van der Waals surface area contributed by atoms with E-state index in [-0.39, 0.29) is 5.91 Å². The van der Waals surface area contributed by atoms with Crippen molar-refractivity contribution >= 4 is 23.2 Å². The molecule has 100 valence electrons. The molecule has 7 heteroatoms. The number of carbonyl (C=O) groups is 1. The van der Waals surface area contributed by atoms with Gasteiger partial charge in [-0.2, -0.15) is 0 Å². The summed E-state index contributed by atoms with van der Waals surface area (Å²) in [5.41, 5.74) is 6.45. The Morgan fingerprint density at radius 3 is 3.05 bits per heavy atom. The molecule has 0 fully saturated rings. The number of aryl methyl sites for hydroxylation is 1. The first-order chi connectivity index (χ1) is 9.18. The first-order valence-electron chi connectivity index (χ1n) is 5.85. The molecule has 1 aromatic heterocycles. The van der Waals surface area contributed by atoms with Gasteiger partial charge in [0, 0.05) is 19.3 Å². The van der Waals surface area contributed by atoms with E-state index in [4.69, 9.17) is 17.3 Å². The van der Waals surface area contributed by atoms with Crippen molar-refractivity contribution in [1.29, 1.82) is 0 Å². The zero-order valence-corrected chi connectivity index (χ0v) is 11.0. The highest BCUT2D eigenvalue weighted by Crippen LogP contribution is 2.22. The largest absolute Gasteiger partial charge is 0.397 e. The van der Waals surface area contributed by atoms with Crippen LogP contribution in [0.2, 0.25) is 5.02 Å². The lowest BCUT2D eigenvalue weighted by atomic mass is 10.1. The number of nitrogens with zero attached hydrogens (tertiary/aromatic N) is 3. The van der Waals surface area contributed by atoms with Gasteiger partial charge in [0.1, 0.15) is 0 Å². The molecule has 0 unspecified atom stereocenters. The van der Waals surface area contributed by atoms with E-state index in [1.54, 1.807) is 35.3 Å². The summed E-state index contributed by atoms with van der Waals surface area (Å²) in [7, 11) is 0. The molecule has 0 radical (unpaired) electrons. The number of nitrogens with two attached hydrogens (primary N) is 1. The van der Waals surface area contributed by atoms with Crippen molar-refractivity contribution in [2.45, 2.75) is 13.0 Å². The summed E-state index contributed by atoms with van der Waals surface area (Å²) in [5.74, 6) is -0.224. The van der Waals surface area contributed by atoms with Crippen molar-refractivity contribution in [3.8, 4) is 0 Å². The Kier molecular flexibility index (Phi) is 4.35. The van der Waals surface area contributed by atoms with Gasteiger partial charge >= 0.3 is 0 Å². The van der Waals surface area contributed by atoms with Crippen molar-refractivity contribution < 1.29 is 4.79 Å². The van der Waals surface area contributed by atoms with Gasteiger partial charge in [-0.3, -0.25) is 9.48 Å². The van der Waals surface area contributed by atoms with E-state index < -0.39 is 0 Å². The quantitative estimate of drug-likeness (QED) is 0.639. The number of hydrogen-bond acceptors (Lipinski definition) is 4. The van der Waals surface area contributed by atoms with Crippen LogP contribution in [0.25, 0.3) is 0 Å². The maximum atomic E-state index is 11.9. The number of carbonyl (C=O) groups excluding carboxylic acids is 1. The molecule has 0 saturated carbocycles. The van der Waals surface area contributed by atoms with E-state index in [1.165, 1.54) is 0 Å². The van der Waals surface area contributed by atoms with E-state index in [0.717, 1.165) is 6.42 Å². The number of benzene rings is 1. The van der Waals surface area contributed by atoms with Crippen LogP contribution in [0.4, 0.5) is 5.69 Å². The molecule has 1 aromatic carbocycles. The maximum absolute atomic E-state index is 11.9. The number of halogens is 1. The molecule has 1 amide bonds. The molecule has 0 saturated heterocycles. The van der Waals surface area contributed by atoms with Crippen molar-refractivity contribution in [2.24, 2.45) is 0 Å². The van der Waals surface area contributed by atoms with E-state index in [9.17, 15) is 4.79 Å². The number of nitrogen functional groups attached to an aromatic ring is 1. The summed E-state index contributed by atoms with van der Waals surface area (Å²) < 4.78 is 1.71. The van der Waals surface area contributed by atoms with E-state index in [0.29, 0.717) is 29.4 Å². The van der Waals surface area contributed by atoms with Gasteiger partial charge in [-0.25, -0.2) is 0 Å². The fraction of sp³-hybridized carbons (Fsp3) is 0.250. The third-order valence-corrected chi connectivity index (χ3v) is 2.95. The van der Waals surface area contributed by atoms with Crippen molar-refractivity contribution in [3.05, 3.63) is 41.2 Å². The van der Waals surface area contributed by atoms with Crippen LogP contribution in [-0.2, 0) is 6.54 Å². The van der Waals surface area contributed by atoms with E-state index in [2.05, 4.69) is 15.6 Å². The van der Waals surface area contributed by atoms with E-state index in [1.807, 2.05) is 0 Å². The average Bonchev–Trinajstić information content (AvgIpc) is 2.91. The standard InChI is InChI=1S/C12H14ClN5O/c13-10-4-1-3-9(11(10)14)12(19)15-5-2-7-18-8-6-16-17-18/h1,3-4,6,8H,2,5,7,14H2,(H,15,19). The van der Waals surface area contributed by atoms with Gasteiger partial charge < -0.3 is 11.1 Å². The molecule has 2 rings (SSSR count). The molecule has 0 bridgehead atoms. The zero-order chi connectivity index (χ0) is 13.7. The van der Waals surface area contributed by atoms with Crippen molar-refractivity contribution in [2.75, 3.05) is 12.3 Å². The molecule has 19 heavy (non-hydrogen) atoms. The first kappa shape index (κ1) is 13.4. The smallest absolute Gasteiger partial charge is 0.253 e. The Morgan fingerprint density at radius 2 is 2.32 bits per heavy atom. The predicted molar refractivity (Wildman–Crippen MR) is 72.8 cm³/mol. The molecule has 0 atom stereocenters. The summed E-state index contributed by atoms with van der Waals surface area (Å²) >= 11 is 5.86. The van der Waals surface area contributed by atoms with Crippen LogP contribution in [0.5, 0.6) is 0 Å². The first-order valence-corrected chi connectivity index (χ1v) is 6.22. The van der Waals surface area contributed by atoms with Crippen LogP contribution in [0.1, 0.15) is 16.8 Å². The molecule has 0 aliphatic rings. The molecule has 3 N–H and O–H groups in total. The maximum Gasteiger partial charge on any atom is 0.253 e. The Bertz CT molecular complexity index is 555. The normalized spacial score (nSPS) is 10.4. The highest BCUT2D eigenvalue weighted by Gasteiger charge is 2.10. The predicted octanol–water partition coefficient (Wildman–Crippen LogP) is 1.33. The number of aromatic nitrogens is 3. The van der Waals surface area contributed by atoms with Crippen LogP contribution in [0.3, 0.4) is 0 Å². The minimum atomic E-state index is -0.224. The van der Waals surface area contributed by atoms with Crippen LogP contribution in [-0.4, -0.2) is 27.4 Å². The van der Waals surface area contributed by atoms with Crippen LogP contribution in [0, 0.1) is 0 Å². The second-order valence-electron chi connectivity index (χ2n) is 3.98. The van der Waals surface area contributed by atoms with Crippen LogP contribution in [0.15, 0.2) is 30.6 Å². The number of nitrogens with one attached hydrogen (secondary N) is 1. The fourth-order valence-electron chi connectivity index (χ4n) is 1.63. The summed E-state index contributed by atoms with van der Waals surface area (Å²) in [6, 6.07) is 5.00. The Morgan fingerprint density at radius 1 is 1.47 bits per heavy atom. The third-order valence-electron chi connectivity index (χ3n) is 2.62. The zero-order valence-electron chi connectivity index (χ0n) is 10.2. The van der Waals surface area contributed by atoms with Crippen molar-refractivity contribution in [3.63, 3.8) is 0 Å². The molecule has 2 aromatic rings. The monoisotopic (exact) mass is 279 g/mol. The Balaban J connectivity index is 1.83. The lowest BCUT2D eigenvalue weighted by Crippen LogP contribution is -2.26. The van der Waals surface area contributed by atoms with Gasteiger partial charge in [0.2, 0.25) is 0 Å². The lowest BCUT2D eigenvalue weighted by Gasteiger charge is -2.08. The molecular formula is C12H14ClN5O. The lowest BCUT2D eigenvalue weighted by molar-refractivity contribution is 0.0953. The third kappa shape index (κ3) is 3.45. The Hall–Kier alpha value is -2.08. The van der Waals surface area contributed by atoms with Gasteiger partial charge in [0.05, 0.1) is 22.5 Å². The number of rotatable bonds is 5. The number of hydrogen-bond donors (Lipinski definition) is 2. The van der Waals surface area contributed by atoms with Gasteiger partial charge in [0.15, 0.2) is 0 Å². The topological polar surface area (TPSA) is 85.8 Å². The minimum Gasteiger partial charge on any atom is -0.397 e. The fourth-order valence-corrected chi connectivity index (χ4v) is 1.80. The highest BCUT2D eigenvalue weighted by molar-refractivity contribution is 6.33. The second kappa shape index (κ2) is 6.19. The SMILES string of the molecule is Nc1c(Cl)cccc1C(=O)NCCCn1ccnn1. The van der Waals surface area contributed by atoms with Crippen molar-refractivity contribution in [1.82, 2.24) is 20.3 Å². The second-order valence-corrected chi connectivity index (χ2v) is 4.38.